The summed E-state index contributed by atoms with van der Waals surface area (Å²) in [5.41, 5.74) is 0.887. The molecule has 0 spiro atoms. The molecule has 2 aromatic rings. The first kappa shape index (κ1) is 14.6. The second-order valence-electron chi connectivity index (χ2n) is 5.42. The third kappa shape index (κ3) is 3.30. The van der Waals surface area contributed by atoms with Crippen molar-refractivity contribution in [2.24, 2.45) is 0 Å². The van der Waals surface area contributed by atoms with Gasteiger partial charge in [-0.2, -0.15) is 5.10 Å². The number of piperazine rings is 1. The lowest BCUT2D eigenvalue weighted by Gasteiger charge is -2.33. The van der Waals surface area contributed by atoms with Gasteiger partial charge in [-0.15, -0.1) is 0 Å². The largest absolute Gasteiger partial charge is 0.339 e. The van der Waals surface area contributed by atoms with Gasteiger partial charge in [0.25, 0.3) is 0 Å². The van der Waals surface area contributed by atoms with Crippen molar-refractivity contribution in [1.82, 2.24) is 30.4 Å². The van der Waals surface area contributed by atoms with E-state index in [-0.39, 0.29) is 12.3 Å². The van der Waals surface area contributed by atoms with Crippen LogP contribution in [0.15, 0.2) is 24.5 Å². The molecule has 2 aromatic heterocycles. The van der Waals surface area contributed by atoms with Crippen LogP contribution >= 0.6 is 0 Å². The van der Waals surface area contributed by atoms with Crippen LogP contribution in [-0.2, 0) is 11.2 Å². The van der Waals surface area contributed by atoms with Gasteiger partial charge in [0.15, 0.2) is 5.82 Å². The van der Waals surface area contributed by atoms with Gasteiger partial charge in [0.2, 0.25) is 5.91 Å². The summed E-state index contributed by atoms with van der Waals surface area (Å²) < 4.78 is 0. The van der Waals surface area contributed by atoms with E-state index in [0.717, 1.165) is 31.6 Å². The van der Waals surface area contributed by atoms with E-state index in [1.54, 1.807) is 12.4 Å². The van der Waals surface area contributed by atoms with Crippen molar-refractivity contribution in [3.05, 3.63) is 30.4 Å². The summed E-state index contributed by atoms with van der Waals surface area (Å²) in [6, 6.07) is 4.08. The summed E-state index contributed by atoms with van der Waals surface area (Å²) in [7, 11) is 0. The molecule has 1 fully saturated rings. The number of hydrogen-bond donors (Lipinski definition) is 2. The van der Waals surface area contributed by atoms with E-state index in [0.29, 0.717) is 17.7 Å². The Hall–Kier alpha value is -2.28. The number of carbonyl (C=O) groups is 1. The predicted octanol–water partition coefficient (Wildman–Crippen LogP) is 0.620. The lowest BCUT2D eigenvalue weighted by molar-refractivity contribution is -0.131. The molecule has 0 saturated carbocycles. The first-order chi connectivity index (χ1) is 10.8. The highest BCUT2D eigenvalue weighted by Crippen LogP contribution is 2.13. The number of aromatic amines is 1. The van der Waals surface area contributed by atoms with Gasteiger partial charge in [0.1, 0.15) is 5.82 Å². The molecule has 1 aliphatic heterocycles. The number of pyridine rings is 1. The van der Waals surface area contributed by atoms with Crippen molar-refractivity contribution >= 4 is 5.91 Å². The molecule has 0 bridgehead atoms. The fourth-order valence-corrected chi connectivity index (χ4v) is 2.58. The molecule has 2 N–H and O–H groups in total. The smallest absolute Gasteiger partial charge is 0.230 e. The van der Waals surface area contributed by atoms with Crippen LogP contribution in [0.1, 0.15) is 19.2 Å². The molecule has 7 nitrogen and oxygen atoms in total. The molecule has 1 atom stereocenters. The Morgan fingerprint density at radius 2 is 2.23 bits per heavy atom. The molecule has 22 heavy (non-hydrogen) atoms. The van der Waals surface area contributed by atoms with Crippen LogP contribution in [0.2, 0.25) is 0 Å². The highest BCUT2D eigenvalue weighted by Gasteiger charge is 2.23. The summed E-state index contributed by atoms with van der Waals surface area (Å²) in [6.07, 6.45) is 4.68. The van der Waals surface area contributed by atoms with Crippen molar-refractivity contribution < 1.29 is 4.79 Å². The Morgan fingerprint density at radius 1 is 1.41 bits per heavy atom. The van der Waals surface area contributed by atoms with E-state index >= 15 is 0 Å². The van der Waals surface area contributed by atoms with Crippen molar-refractivity contribution in [3.8, 4) is 11.4 Å². The number of H-pyrrole nitrogens is 1. The van der Waals surface area contributed by atoms with Crippen LogP contribution in [0, 0.1) is 0 Å². The number of carbonyl (C=O) groups excluding carboxylic acids is 1. The zero-order valence-electron chi connectivity index (χ0n) is 12.6. The molecule has 0 aliphatic carbocycles. The van der Waals surface area contributed by atoms with E-state index in [4.69, 9.17) is 0 Å². The van der Waals surface area contributed by atoms with Gasteiger partial charge >= 0.3 is 0 Å². The van der Waals surface area contributed by atoms with E-state index in [1.165, 1.54) is 0 Å². The normalized spacial score (nSPS) is 18.4. The zero-order valence-corrected chi connectivity index (χ0v) is 12.6. The minimum absolute atomic E-state index is 0.0948. The summed E-state index contributed by atoms with van der Waals surface area (Å²) in [5.74, 6) is 1.29. The highest BCUT2D eigenvalue weighted by atomic mass is 16.2. The Morgan fingerprint density at radius 3 is 3.00 bits per heavy atom. The topological polar surface area (TPSA) is 86.8 Å². The number of amides is 1. The molecule has 1 aliphatic rings. The summed E-state index contributed by atoms with van der Waals surface area (Å²) >= 11 is 0. The summed E-state index contributed by atoms with van der Waals surface area (Å²) in [5, 5.41) is 10.4. The quantitative estimate of drug-likeness (QED) is 0.864. The second kappa shape index (κ2) is 6.65. The molecule has 0 aromatic carbocycles. The standard InChI is InChI=1S/C15H20N6O/c1-2-12-10-21(8-7-17-12)14(22)9-13-18-15(20-19-13)11-3-5-16-6-4-11/h3-6,12,17H,2,7-10H2,1H3,(H,18,19,20)/t12-/m0/s1. The van der Waals surface area contributed by atoms with Crippen molar-refractivity contribution in [2.75, 3.05) is 19.6 Å². The van der Waals surface area contributed by atoms with Crippen LogP contribution in [0.4, 0.5) is 0 Å². The fourth-order valence-electron chi connectivity index (χ4n) is 2.58. The molecule has 1 amide bonds. The average molecular weight is 300 g/mol. The van der Waals surface area contributed by atoms with Gasteiger partial charge in [0.05, 0.1) is 6.42 Å². The maximum absolute atomic E-state index is 12.4. The number of hydrogen-bond acceptors (Lipinski definition) is 5. The maximum atomic E-state index is 12.4. The molecule has 3 rings (SSSR count). The lowest BCUT2D eigenvalue weighted by atomic mass is 10.1. The number of aromatic nitrogens is 4. The molecule has 7 heteroatoms. The van der Waals surface area contributed by atoms with E-state index in [9.17, 15) is 4.79 Å². The second-order valence-corrected chi connectivity index (χ2v) is 5.42. The molecule has 1 saturated heterocycles. The summed E-state index contributed by atoms with van der Waals surface area (Å²) in [6.45, 7) is 4.49. The van der Waals surface area contributed by atoms with Crippen LogP contribution in [0.3, 0.4) is 0 Å². The Balaban J connectivity index is 1.64. The predicted molar refractivity (Wildman–Crippen MR) is 82.0 cm³/mol. The first-order valence-corrected chi connectivity index (χ1v) is 7.59. The lowest BCUT2D eigenvalue weighted by Crippen LogP contribution is -2.52. The van der Waals surface area contributed by atoms with Crippen molar-refractivity contribution in [1.29, 1.82) is 0 Å². The molecule has 0 radical (unpaired) electrons. The molecular formula is C15H20N6O. The van der Waals surface area contributed by atoms with Gasteiger partial charge < -0.3 is 10.2 Å². The molecule has 116 valence electrons. The number of nitrogens with one attached hydrogen (secondary N) is 2. The third-order valence-corrected chi connectivity index (χ3v) is 3.89. The molecule has 0 unspecified atom stereocenters. The van der Waals surface area contributed by atoms with Gasteiger partial charge in [0, 0.05) is 43.6 Å². The third-order valence-electron chi connectivity index (χ3n) is 3.89. The van der Waals surface area contributed by atoms with Crippen LogP contribution in [0.5, 0.6) is 0 Å². The summed E-state index contributed by atoms with van der Waals surface area (Å²) in [4.78, 5) is 22.6. The fraction of sp³-hybridized carbons (Fsp3) is 0.467. The zero-order chi connectivity index (χ0) is 15.4. The van der Waals surface area contributed by atoms with Gasteiger partial charge in [-0.1, -0.05) is 6.92 Å². The maximum Gasteiger partial charge on any atom is 0.230 e. The Labute approximate surface area is 129 Å². The van der Waals surface area contributed by atoms with Crippen LogP contribution in [0.25, 0.3) is 11.4 Å². The van der Waals surface area contributed by atoms with Gasteiger partial charge in [-0.05, 0) is 18.6 Å². The minimum atomic E-state index is 0.0948. The molecular weight excluding hydrogens is 280 g/mol. The van der Waals surface area contributed by atoms with E-state index in [1.807, 2.05) is 17.0 Å². The van der Waals surface area contributed by atoms with Crippen LogP contribution in [-0.4, -0.2) is 56.6 Å². The van der Waals surface area contributed by atoms with Crippen molar-refractivity contribution in [3.63, 3.8) is 0 Å². The van der Waals surface area contributed by atoms with Gasteiger partial charge in [-0.25, -0.2) is 4.98 Å². The Bertz CT molecular complexity index is 626. The van der Waals surface area contributed by atoms with Crippen LogP contribution < -0.4 is 5.32 Å². The monoisotopic (exact) mass is 300 g/mol. The van der Waals surface area contributed by atoms with Gasteiger partial charge in [-0.3, -0.25) is 14.9 Å². The average Bonchev–Trinajstić information content (AvgIpc) is 3.04. The minimum Gasteiger partial charge on any atom is -0.339 e. The Kier molecular flexibility index (Phi) is 4.43. The van der Waals surface area contributed by atoms with E-state index in [2.05, 4.69) is 32.4 Å². The SMILES string of the molecule is CC[C@H]1CN(C(=O)Cc2nc(-c3ccncc3)n[nH]2)CCN1. The van der Waals surface area contributed by atoms with Crippen molar-refractivity contribution in [2.45, 2.75) is 25.8 Å². The first-order valence-electron chi connectivity index (χ1n) is 7.59. The van der Waals surface area contributed by atoms with E-state index < -0.39 is 0 Å². The number of nitrogens with zero attached hydrogens (tertiary/aromatic N) is 4. The number of rotatable bonds is 4. The highest BCUT2D eigenvalue weighted by molar-refractivity contribution is 5.78. The molecule has 3 heterocycles.